The summed E-state index contributed by atoms with van der Waals surface area (Å²) in [6, 6.07) is 9.05. The number of halogens is 1. The van der Waals surface area contributed by atoms with E-state index in [-0.39, 0.29) is 23.5 Å². The SMILES string of the molecule is Cc1cc([N+](=O)[O-])ccc1N1C(=O)[C@H]2[C@H]3CCCN3[C@@]3(C(=O)Nc4c(Cl)cccc43)[C@@H]2C1=O. The van der Waals surface area contributed by atoms with Gasteiger partial charge in [-0.05, 0) is 44.0 Å². The molecule has 33 heavy (non-hydrogen) atoms. The van der Waals surface area contributed by atoms with Gasteiger partial charge in [-0.2, -0.15) is 0 Å². The van der Waals surface area contributed by atoms with Crippen molar-refractivity contribution in [2.24, 2.45) is 11.8 Å². The predicted molar refractivity (Wildman–Crippen MR) is 119 cm³/mol. The molecule has 2 aromatic rings. The summed E-state index contributed by atoms with van der Waals surface area (Å²) < 4.78 is 0. The number of non-ortho nitro benzene ring substituents is 1. The molecule has 3 saturated heterocycles. The van der Waals surface area contributed by atoms with Crippen LogP contribution in [0.1, 0.15) is 24.0 Å². The summed E-state index contributed by atoms with van der Waals surface area (Å²) in [5, 5.41) is 14.4. The van der Waals surface area contributed by atoms with E-state index in [0.29, 0.717) is 40.5 Å². The lowest BCUT2D eigenvalue weighted by atomic mass is 9.75. The zero-order valence-corrected chi connectivity index (χ0v) is 18.3. The van der Waals surface area contributed by atoms with E-state index in [0.717, 1.165) is 11.3 Å². The van der Waals surface area contributed by atoms with Crippen LogP contribution in [0.3, 0.4) is 0 Å². The fourth-order valence-electron chi connectivity index (χ4n) is 6.44. The van der Waals surface area contributed by atoms with Gasteiger partial charge in [-0.25, -0.2) is 4.90 Å². The summed E-state index contributed by atoms with van der Waals surface area (Å²) in [4.78, 5) is 55.0. The van der Waals surface area contributed by atoms with E-state index in [1.165, 1.54) is 18.2 Å². The van der Waals surface area contributed by atoms with Crippen molar-refractivity contribution in [2.75, 3.05) is 16.8 Å². The van der Waals surface area contributed by atoms with Crippen molar-refractivity contribution < 1.29 is 19.3 Å². The summed E-state index contributed by atoms with van der Waals surface area (Å²) >= 11 is 6.38. The van der Waals surface area contributed by atoms with Crippen LogP contribution in [-0.2, 0) is 19.9 Å². The Balaban J connectivity index is 1.53. The molecular weight excluding hydrogens is 448 g/mol. The van der Waals surface area contributed by atoms with Crippen LogP contribution in [0.5, 0.6) is 0 Å². The first-order chi connectivity index (χ1) is 15.8. The van der Waals surface area contributed by atoms with Gasteiger partial charge in [-0.3, -0.25) is 29.4 Å². The van der Waals surface area contributed by atoms with E-state index in [1.54, 1.807) is 25.1 Å². The van der Waals surface area contributed by atoms with E-state index in [2.05, 4.69) is 5.32 Å². The van der Waals surface area contributed by atoms with Crippen molar-refractivity contribution >= 4 is 46.4 Å². The number of nitro groups is 1. The highest BCUT2D eigenvalue weighted by atomic mass is 35.5. The fraction of sp³-hybridized carbons (Fsp3) is 0.348. The van der Waals surface area contributed by atoms with Crippen LogP contribution in [0.15, 0.2) is 36.4 Å². The Morgan fingerprint density at radius 2 is 1.97 bits per heavy atom. The van der Waals surface area contributed by atoms with Crippen molar-refractivity contribution in [3.05, 3.63) is 62.7 Å². The summed E-state index contributed by atoms with van der Waals surface area (Å²) in [5.41, 5.74) is 0.454. The number of nitro benzene ring substituents is 1. The lowest BCUT2D eigenvalue weighted by Crippen LogP contribution is -2.54. The topological polar surface area (TPSA) is 113 Å². The van der Waals surface area contributed by atoms with Crippen molar-refractivity contribution in [1.82, 2.24) is 4.90 Å². The van der Waals surface area contributed by atoms with Gasteiger partial charge in [0.2, 0.25) is 11.8 Å². The second-order valence-corrected chi connectivity index (χ2v) is 9.44. The molecule has 0 saturated carbocycles. The molecule has 4 heterocycles. The standard InChI is InChI=1S/C23H19ClN4O5/c1-11-10-12(28(32)33)7-8-15(11)27-20(29)17-16-6-3-9-26(16)23(18(17)21(27)30)13-4-2-5-14(24)19(13)25-22(23)31/h2,4-5,7-8,10,16-18H,3,6,9H2,1H3,(H,25,31)/t16-,17+,18+,23-/m1/s1. The minimum atomic E-state index is -1.30. The lowest BCUT2D eigenvalue weighted by Gasteiger charge is -2.36. The van der Waals surface area contributed by atoms with E-state index in [9.17, 15) is 24.5 Å². The van der Waals surface area contributed by atoms with Crippen molar-refractivity contribution in [3.63, 3.8) is 0 Å². The number of aryl methyl sites for hydroxylation is 1. The second kappa shape index (κ2) is 6.61. The van der Waals surface area contributed by atoms with Gasteiger partial charge in [0.05, 0.1) is 33.2 Å². The lowest BCUT2D eigenvalue weighted by molar-refractivity contribution is -0.384. The number of amides is 3. The molecule has 2 aromatic carbocycles. The van der Waals surface area contributed by atoms with Crippen LogP contribution in [0.4, 0.5) is 17.1 Å². The first-order valence-corrected chi connectivity index (χ1v) is 11.2. The molecule has 168 valence electrons. The van der Waals surface area contributed by atoms with E-state index in [1.807, 2.05) is 4.90 Å². The number of benzene rings is 2. The predicted octanol–water partition coefficient (Wildman–Crippen LogP) is 2.99. The summed E-state index contributed by atoms with van der Waals surface area (Å²) in [6.07, 6.45) is 1.52. The molecule has 0 unspecified atom stereocenters. The van der Waals surface area contributed by atoms with Gasteiger partial charge in [-0.15, -0.1) is 0 Å². The molecule has 0 aliphatic carbocycles. The van der Waals surface area contributed by atoms with Crippen molar-refractivity contribution in [2.45, 2.75) is 31.3 Å². The number of fused-ring (bicyclic) bond motifs is 7. The highest BCUT2D eigenvalue weighted by Crippen LogP contribution is 2.61. The number of carbonyl (C=O) groups excluding carboxylic acids is 3. The van der Waals surface area contributed by atoms with Crippen LogP contribution in [-0.4, -0.2) is 40.1 Å². The molecule has 0 radical (unpaired) electrons. The average molecular weight is 467 g/mol. The maximum absolute atomic E-state index is 13.9. The second-order valence-electron chi connectivity index (χ2n) is 9.03. The molecule has 6 rings (SSSR count). The van der Waals surface area contributed by atoms with E-state index >= 15 is 0 Å². The first kappa shape index (κ1) is 20.3. The highest BCUT2D eigenvalue weighted by molar-refractivity contribution is 6.35. The van der Waals surface area contributed by atoms with Gasteiger partial charge in [0.15, 0.2) is 0 Å². The summed E-state index contributed by atoms with van der Waals surface area (Å²) in [5.74, 6) is -2.73. The van der Waals surface area contributed by atoms with Crippen LogP contribution in [0.2, 0.25) is 5.02 Å². The van der Waals surface area contributed by atoms with Gasteiger partial charge in [-0.1, -0.05) is 23.7 Å². The molecule has 4 aliphatic rings. The minimum absolute atomic E-state index is 0.118. The zero-order chi connectivity index (χ0) is 23.2. The molecule has 0 bridgehead atoms. The first-order valence-electron chi connectivity index (χ1n) is 10.8. The number of para-hydroxylation sites is 1. The number of anilines is 2. The average Bonchev–Trinajstić information content (AvgIpc) is 3.48. The number of imide groups is 1. The molecule has 1 spiro atoms. The third-order valence-corrected chi connectivity index (χ3v) is 7.92. The van der Waals surface area contributed by atoms with Crippen LogP contribution in [0.25, 0.3) is 0 Å². The molecule has 3 amide bonds. The number of carbonyl (C=O) groups is 3. The number of hydrogen-bond donors (Lipinski definition) is 1. The maximum atomic E-state index is 13.9. The Labute approximate surface area is 193 Å². The van der Waals surface area contributed by atoms with Gasteiger partial charge in [0.25, 0.3) is 11.6 Å². The van der Waals surface area contributed by atoms with Crippen molar-refractivity contribution in [1.29, 1.82) is 0 Å². The third kappa shape index (κ3) is 2.33. The Hall–Kier alpha value is -3.30. The van der Waals surface area contributed by atoms with Gasteiger partial charge in [0.1, 0.15) is 5.54 Å². The summed E-state index contributed by atoms with van der Waals surface area (Å²) in [6.45, 7) is 2.24. The smallest absolute Gasteiger partial charge is 0.269 e. The van der Waals surface area contributed by atoms with Gasteiger partial charge < -0.3 is 5.32 Å². The third-order valence-electron chi connectivity index (χ3n) is 7.61. The van der Waals surface area contributed by atoms with Crippen LogP contribution >= 0.6 is 11.6 Å². The van der Waals surface area contributed by atoms with Gasteiger partial charge in [0, 0.05) is 23.7 Å². The monoisotopic (exact) mass is 466 g/mol. The van der Waals surface area contributed by atoms with Crippen molar-refractivity contribution in [3.8, 4) is 0 Å². The zero-order valence-electron chi connectivity index (χ0n) is 17.6. The number of hydrogen-bond acceptors (Lipinski definition) is 6. The largest absolute Gasteiger partial charge is 0.323 e. The minimum Gasteiger partial charge on any atom is -0.323 e. The van der Waals surface area contributed by atoms with E-state index < -0.39 is 28.2 Å². The number of nitrogens with one attached hydrogen (secondary N) is 1. The number of rotatable bonds is 2. The molecule has 1 N–H and O–H groups in total. The molecule has 3 fully saturated rings. The molecule has 0 aromatic heterocycles. The summed E-state index contributed by atoms with van der Waals surface area (Å²) in [7, 11) is 0. The maximum Gasteiger partial charge on any atom is 0.269 e. The quantitative estimate of drug-likeness (QED) is 0.413. The Kier molecular flexibility index (Phi) is 4.07. The van der Waals surface area contributed by atoms with Gasteiger partial charge >= 0.3 is 0 Å². The van der Waals surface area contributed by atoms with Crippen LogP contribution < -0.4 is 10.2 Å². The molecule has 9 nitrogen and oxygen atoms in total. The Morgan fingerprint density at radius 3 is 2.70 bits per heavy atom. The highest BCUT2D eigenvalue weighted by Gasteiger charge is 2.74. The van der Waals surface area contributed by atoms with E-state index in [4.69, 9.17) is 11.6 Å². The molecular formula is C23H19ClN4O5. The molecule has 10 heteroatoms. The normalized spacial score (nSPS) is 30.1. The molecule has 4 aliphatic heterocycles. The Bertz CT molecular complexity index is 1300. The number of nitrogens with zero attached hydrogens (tertiary/aromatic N) is 3. The Morgan fingerprint density at radius 1 is 1.18 bits per heavy atom. The van der Waals surface area contributed by atoms with Crippen LogP contribution in [0, 0.1) is 28.9 Å². The fourth-order valence-corrected chi connectivity index (χ4v) is 6.66. The molecule has 4 atom stereocenters.